The third-order valence-corrected chi connectivity index (χ3v) is 6.03. The summed E-state index contributed by atoms with van der Waals surface area (Å²) in [5.41, 5.74) is 2.22. The standard InChI is InChI=1S/C22H21ClN2O4S/c1-27-20-12-15(6-7-19(20)29-13-16-4-2-3-5-17(16)23)21-24-18(14-30-21)22(26)25-8-10-28-11-9-25/h2-7,12,14H,8-11,13H2,1H3. The van der Waals surface area contributed by atoms with Crippen LogP contribution >= 0.6 is 22.9 Å². The monoisotopic (exact) mass is 444 g/mol. The Bertz CT molecular complexity index is 1030. The summed E-state index contributed by atoms with van der Waals surface area (Å²) < 4.78 is 16.7. The van der Waals surface area contributed by atoms with E-state index < -0.39 is 0 Å². The Morgan fingerprint density at radius 3 is 2.77 bits per heavy atom. The van der Waals surface area contributed by atoms with E-state index in [4.69, 9.17) is 25.8 Å². The van der Waals surface area contributed by atoms with E-state index in [1.807, 2.05) is 42.5 Å². The summed E-state index contributed by atoms with van der Waals surface area (Å²) in [4.78, 5) is 18.9. The van der Waals surface area contributed by atoms with Crippen molar-refractivity contribution < 1.29 is 19.0 Å². The highest BCUT2D eigenvalue weighted by Crippen LogP contribution is 2.34. The topological polar surface area (TPSA) is 60.9 Å². The van der Waals surface area contributed by atoms with Crippen LogP contribution in [0.4, 0.5) is 0 Å². The Labute approximate surface area is 184 Å². The average Bonchev–Trinajstić information content (AvgIpc) is 3.29. The number of thiazole rings is 1. The molecule has 0 spiro atoms. The van der Waals surface area contributed by atoms with Crippen molar-refractivity contribution >= 4 is 28.8 Å². The van der Waals surface area contributed by atoms with E-state index in [1.165, 1.54) is 11.3 Å². The third kappa shape index (κ3) is 4.59. The lowest BCUT2D eigenvalue weighted by molar-refractivity contribution is 0.0299. The molecule has 30 heavy (non-hydrogen) atoms. The van der Waals surface area contributed by atoms with E-state index in [1.54, 1.807) is 17.4 Å². The molecular weight excluding hydrogens is 424 g/mol. The first-order valence-electron chi connectivity index (χ1n) is 9.53. The molecule has 3 aromatic rings. The number of aromatic nitrogens is 1. The van der Waals surface area contributed by atoms with Crippen LogP contribution in [0.2, 0.25) is 5.02 Å². The van der Waals surface area contributed by atoms with Crippen molar-refractivity contribution in [1.82, 2.24) is 9.88 Å². The Morgan fingerprint density at radius 2 is 2.00 bits per heavy atom. The van der Waals surface area contributed by atoms with Gasteiger partial charge in [0.05, 0.1) is 20.3 Å². The number of amides is 1. The molecule has 1 saturated heterocycles. The Morgan fingerprint density at radius 1 is 1.20 bits per heavy atom. The summed E-state index contributed by atoms with van der Waals surface area (Å²) in [5, 5.41) is 3.21. The molecule has 0 bridgehead atoms. The number of rotatable bonds is 6. The SMILES string of the molecule is COc1cc(-c2nc(C(=O)N3CCOCC3)cs2)ccc1OCc1ccccc1Cl. The number of hydrogen-bond acceptors (Lipinski definition) is 6. The van der Waals surface area contributed by atoms with Crippen molar-refractivity contribution in [2.45, 2.75) is 6.61 Å². The lowest BCUT2D eigenvalue weighted by atomic mass is 10.2. The predicted octanol–water partition coefficient (Wildman–Crippen LogP) is 4.52. The number of hydrogen-bond donors (Lipinski definition) is 0. The van der Waals surface area contributed by atoms with Crippen molar-refractivity contribution in [3.8, 4) is 22.1 Å². The van der Waals surface area contributed by atoms with Crippen LogP contribution < -0.4 is 9.47 Å². The van der Waals surface area contributed by atoms with Gasteiger partial charge in [0.25, 0.3) is 5.91 Å². The first-order valence-corrected chi connectivity index (χ1v) is 10.8. The van der Waals surface area contributed by atoms with E-state index in [9.17, 15) is 4.79 Å². The summed E-state index contributed by atoms with van der Waals surface area (Å²) in [6, 6.07) is 13.2. The van der Waals surface area contributed by atoms with Gasteiger partial charge in [-0.05, 0) is 24.3 Å². The summed E-state index contributed by atoms with van der Waals surface area (Å²) in [6.07, 6.45) is 0. The average molecular weight is 445 g/mol. The fraction of sp³-hybridized carbons (Fsp3) is 0.273. The highest BCUT2D eigenvalue weighted by atomic mass is 35.5. The van der Waals surface area contributed by atoms with E-state index in [0.29, 0.717) is 55.1 Å². The molecule has 2 aromatic carbocycles. The van der Waals surface area contributed by atoms with Crippen molar-refractivity contribution in [2.75, 3.05) is 33.4 Å². The second kappa shape index (κ2) is 9.47. The molecule has 4 rings (SSSR count). The van der Waals surface area contributed by atoms with Crippen LogP contribution in [0.25, 0.3) is 10.6 Å². The van der Waals surface area contributed by atoms with Crippen molar-refractivity contribution in [2.24, 2.45) is 0 Å². The van der Waals surface area contributed by atoms with Gasteiger partial charge in [0, 0.05) is 34.6 Å². The van der Waals surface area contributed by atoms with Gasteiger partial charge in [-0.25, -0.2) is 4.98 Å². The Hall–Kier alpha value is -2.61. The molecule has 0 saturated carbocycles. The maximum atomic E-state index is 12.6. The van der Waals surface area contributed by atoms with Crippen LogP contribution in [-0.4, -0.2) is 49.2 Å². The number of morpholine rings is 1. The molecule has 156 valence electrons. The highest BCUT2D eigenvalue weighted by molar-refractivity contribution is 7.13. The third-order valence-electron chi connectivity index (χ3n) is 4.77. The number of ether oxygens (including phenoxy) is 3. The summed E-state index contributed by atoms with van der Waals surface area (Å²) in [5.74, 6) is 1.14. The van der Waals surface area contributed by atoms with Gasteiger partial charge in [-0.15, -0.1) is 11.3 Å². The molecular formula is C22H21ClN2O4S. The fourth-order valence-corrected chi connectivity index (χ4v) is 4.10. The van der Waals surface area contributed by atoms with Gasteiger partial charge in [-0.3, -0.25) is 4.79 Å². The molecule has 2 heterocycles. The van der Waals surface area contributed by atoms with Gasteiger partial charge in [0.15, 0.2) is 11.5 Å². The van der Waals surface area contributed by atoms with Crippen molar-refractivity contribution in [3.05, 3.63) is 64.1 Å². The van der Waals surface area contributed by atoms with Crippen LogP contribution in [0.15, 0.2) is 47.8 Å². The van der Waals surface area contributed by atoms with Gasteiger partial charge < -0.3 is 19.1 Å². The quantitative estimate of drug-likeness (QED) is 0.559. The van der Waals surface area contributed by atoms with Crippen LogP contribution in [0.5, 0.6) is 11.5 Å². The molecule has 1 amide bonds. The van der Waals surface area contributed by atoms with Crippen LogP contribution in [0.3, 0.4) is 0 Å². The molecule has 0 radical (unpaired) electrons. The largest absolute Gasteiger partial charge is 0.493 e. The molecule has 0 unspecified atom stereocenters. The fourth-order valence-electron chi connectivity index (χ4n) is 3.12. The van der Waals surface area contributed by atoms with Gasteiger partial charge in [0.2, 0.25) is 0 Å². The summed E-state index contributed by atoms with van der Waals surface area (Å²) in [7, 11) is 1.59. The summed E-state index contributed by atoms with van der Waals surface area (Å²) in [6.45, 7) is 2.66. The molecule has 8 heteroatoms. The molecule has 1 fully saturated rings. The minimum Gasteiger partial charge on any atom is -0.493 e. The molecule has 6 nitrogen and oxygen atoms in total. The second-order valence-corrected chi connectivity index (χ2v) is 7.95. The van der Waals surface area contributed by atoms with Crippen LogP contribution in [0, 0.1) is 0 Å². The minimum atomic E-state index is -0.0625. The summed E-state index contributed by atoms with van der Waals surface area (Å²) >= 11 is 7.63. The van der Waals surface area contributed by atoms with Crippen LogP contribution in [0.1, 0.15) is 16.1 Å². The van der Waals surface area contributed by atoms with Crippen molar-refractivity contribution in [1.29, 1.82) is 0 Å². The first-order chi connectivity index (χ1) is 14.7. The number of carbonyl (C=O) groups excluding carboxylic acids is 1. The van der Waals surface area contributed by atoms with E-state index in [-0.39, 0.29) is 5.91 Å². The predicted molar refractivity (Wildman–Crippen MR) is 117 cm³/mol. The zero-order chi connectivity index (χ0) is 20.9. The number of halogens is 1. The first kappa shape index (κ1) is 20.7. The van der Waals surface area contributed by atoms with E-state index in [2.05, 4.69) is 4.98 Å². The maximum absolute atomic E-state index is 12.6. The normalized spacial score (nSPS) is 13.9. The molecule has 0 aliphatic carbocycles. The zero-order valence-electron chi connectivity index (χ0n) is 16.5. The lowest BCUT2D eigenvalue weighted by Gasteiger charge is -2.25. The zero-order valence-corrected chi connectivity index (χ0v) is 18.0. The smallest absolute Gasteiger partial charge is 0.273 e. The Kier molecular flexibility index (Phi) is 6.52. The number of benzene rings is 2. The number of methoxy groups -OCH3 is 1. The van der Waals surface area contributed by atoms with E-state index >= 15 is 0 Å². The molecule has 1 aliphatic rings. The van der Waals surface area contributed by atoms with Crippen molar-refractivity contribution in [3.63, 3.8) is 0 Å². The van der Waals surface area contributed by atoms with E-state index in [0.717, 1.165) is 16.1 Å². The number of nitrogens with zero attached hydrogens (tertiary/aromatic N) is 2. The highest BCUT2D eigenvalue weighted by Gasteiger charge is 2.21. The van der Waals surface area contributed by atoms with Gasteiger partial charge >= 0.3 is 0 Å². The van der Waals surface area contributed by atoms with Crippen LogP contribution in [-0.2, 0) is 11.3 Å². The van der Waals surface area contributed by atoms with Gasteiger partial charge in [0.1, 0.15) is 17.3 Å². The Balaban J connectivity index is 1.49. The molecule has 1 aromatic heterocycles. The molecule has 0 atom stereocenters. The van der Waals surface area contributed by atoms with Gasteiger partial charge in [-0.2, -0.15) is 0 Å². The molecule has 0 N–H and O–H groups in total. The van der Waals surface area contributed by atoms with Gasteiger partial charge in [-0.1, -0.05) is 29.8 Å². The molecule has 1 aliphatic heterocycles. The lowest BCUT2D eigenvalue weighted by Crippen LogP contribution is -2.40. The minimum absolute atomic E-state index is 0.0625. The maximum Gasteiger partial charge on any atom is 0.273 e. The number of carbonyl (C=O) groups is 1. The second-order valence-electron chi connectivity index (χ2n) is 6.69.